The summed E-state index contributed by atoms with van der Waals surface area (Å²) in [5.74, 6) is 0.427. The van der Waals surface area contributed by atoms with Gasteiger partial charge in [-0.05, 0) is 19.4 Å². The van der Waals surface area contributed by atoms with Gasteiger partial charge in [-0.2, -0.15) is 5.10 Å². The molecule has 2 aromatic heterocycles. The molecule has 30 heavy (non-hydrogen) atoms. The van der Waals surface area contributed by atoms with E-state index < -0.39 is 0 Å². The number of hydrogen-bond acceptors (Lipinski definition) is 4. The molecule has 4 rings (SSSR count). The van der Waals surface area contributed by atoms with Crippen molar-refractivity contribution >= 4 is 28.5 Å². The Labute approximate surface area is 175 Å². The van der Waals surface area contributed by atoms with Crippen LogP contribution in [0.5, 0.6) is 0 Å². The van der Waals surface area contributed by atoms with E-state index in [4.69, 9.17) is 9.84 Å². The first-order valence-electron chi connectivity index (χ1n) is 10.4. The number of nitrogens with one attached hydrogen (secondary N) is 1. The van der Waals surface area contributed by atoms with Crippen molar-refractivity contribution in [3.8, 4) is 11.3 Å². The number of para-hydroxylation sites is 1. The molecule has 2 amide bonds. The van der Waals surface area contributed by atoms with Crippen LogP contribution in [0.3, 0.4) is 0 Å². The summed E-state index contributed by atoms with van der Waals surface area (Å²) in [6, 6.07) is 10.1. The van der Waals surface area contributed by atoms with E-state index in [2.05, 4.69) is 28.2 Å². The van der Waals surface area contributed by atoms with Crippen LogP contribution in [-0.4, -0.2) is 52.5 Å². The number of nitrogens with zero attached hydrogens (tertiary/aromatic N) is 4. The van der Waals surface area contributed by atoms with Crippen LogP contribution in [0.15, 0.2) is 36.5 Å². The molecule has 3 heterocycles. The number of ether oxygens (including phenoxy) is 1. The second kappa shape index (κ2) is 8.71. The summed E-state index contributed by atoms with van der Waals surface area (Å²) in [5, 5.41) is 8.71. The van der Waals surface area contributed by atoms with Crippen LogP contribution in [0, 0.1) is 0 Å². The number of hydrogen-bond donors (Lipinski definition) is 1. The van der Waals surface area contributed by atoms with E-state index in [-0.39, 0.29) is 18.4 Å². The van der Waals surface area contributed by atoms with Crippen molar-refractivity contribution < 1.29 is 14.3 Å². The van der Waals surface area contributed by atoms with Crippen LogP contribution >= 0.6 is 0 Å². The van der Waals surface area contributed by atoms with Gasteiger partial charge >= 0.3 is 0 Å². The second-order valence-corrected chi connectivity index (χ2v) is 7.41. The molecular weight excluding hydrogens is 382 g/mol. The number of carbonyl (C=O) groups excluding carboxylic acids is 2. The van der Waals surface area contributed by atoms with E-state index in [0.29, 0.717) is 38.5 Å². The first-order valence-corrected chi connectivity index (χ1v) is 10.4. The Balaban J connectivity index is 1.53. The molecule has 8 heteroatoms. The Kier molecular flexibility index (Phi) is 5.85. The molecule has 0 spiro atoms. The molecule has 0 bridgehead atoms. The van der Waals surface area contributed by atoms with E-state index in [1.165, 1.54) is 4.90 Å². The highest BCUT2D eigenvalue weighted by Crippen LogP contribution is 2.33. The summed E-state index contributed by atoms with van der Waals surface area (Å²) in [5.41, 5.74) is 2.94. The number of amides is 2. The van der Waals surface area contributed by atoms with E-state index in [1.807, 2.05) is 36.9 Å². The van der Waals surface area contributed by atoms with Crippen molar-refractivity contribution in [2.45, 2.75) is 26.3 Å². The number of fused-ring (bicyclic) bond motifs is 2. The van der Waals surface area contributed by atoms with Crippen LogP contribution < -0.4 is 10.2 Å². The number of anilines is 1. The standard InChI is InChI=1S/C22H27N5O3/c1-3-30-12-6-10-23-20(28)15-26-21-13-18(24-27(21)11-9-22(26)29)17-14-25(2)19-8-5-4-7-16(17)19/h4-5,7-8,13-14H,3,6,9-12,15H2,1-2H3,(H,23,28). The molecule has 0 aliphatic carbocycles. The topological polar surface area (TPSA) is 81.4 Å². The fourth-order valence-electron chi connectivity index (χ4n) is 3.85. The quantitative estimate of drug-likeness (QED) is 0.579. The highest BCUT2D eigenvalue weighted by Gasteiger charge is 2.28. The smallest absolute Gasteiger partial charge is 0.240 e. The molecule has 1 aromatic carbocycles. The van der Waals surface area contributed by atoms with Gasteiger partial charge in [0.25, 0.3) is 0 Å². The van der Waals surface area contributed by atoms with Gasteiger partial charge < -0.3 is 14.6 Å². The van der Waals surface area contributed by atoms with Crippen LogP contribution in [0.4, 0.5) is 5.82 Å². The number of aromatic nitrogens is 3. The zero-order chi connectivity index (χ0) is 21.1. The molecule has 0 unspecified atom stereocenters. The van der Waals surface area contributed by atoms with E-state index >= 15 is 0 Å². The van der Waals surface area contributed by atoms with Crippen LogP contribution in [0.25, 0.3) is 22.2 Å². The highest BCUT2D eigenvalue weighted by atomic mass is 16.5. The third-order valence-corrected chi connectivity index (χ3v) is 5.34. The van der Waals surface area contributed by atoms with Gasteiger partial charge in [0.1, 0.15) is 12.4 Å². The minimum atomic E-state index is -0.179. The predicted octanol–water partition coefficient (Wildman–Crippen LogP) is 2.32. The molecule has 0 saturated carbocycles. The lowest BCUT2D eigenvalue weighted by Crippen LogP contribution is -2.44. The van der Waals surface area contributed by atoms with Crippen LogP contribution in [0.2, 0.25) is 0 Å². The van der Waals surface area contributed by atoms with Crippen molar-refractivity contribution in [2.75, 3.05) is 31.2 Å². The maximum Gasteiger partial charge on any atom is 0.240 e. The van der Waals surface area contributed by atoms with Crippen molar-refractivity contribution in [1.82, 2.24) is 19.7 Å². The van der Waals surface area contributed by atoms with Crippen molar-refractivity contribution in [3.63, 3.8) is 0 Å². The third-order valence-electron chi connectivity index (χ3n) is 5.34. The maximum atomic E-state index is 12.6. The molecule has 0 atom stereocenters. The monoisotopic (exact) mass is 409 g/mol. The molecule has 3 aromatic rings. The van der Waals surface area contributed by atoms with Gasteiger partial charge in [0, 0.05) is 62.0 Å². The van der Waals surface area contributed by atoms with Crippen molar-refractivity contribution in [3.05, 3.63) is 36.5 Å². The summed E-state index contributed by atoms with van der Waals surface area (Å²) in [6.07, 6.45) is 3.13. The lowest BCUT2D eigenvalue weighted by molar-refractivity contribution is -0.124. The van der Waals surface area contributed by atoms with Gasteiger partial charge in [0.05, 0.1) is 12.2 Å². The molecule has 1 aliphatic rings. The van der Waals surface area contributed by atoms with Crippen molar-refractivity contribution in [1.29, 1.82) is 0 Å². The SMILES string of the molecule is CCOCCCNC(=O)CN1C(=O)CCn2nc(-c3cn(C)c4ccccc34)cc21. The minimum Gasteiger partial charge on any atom is -0.382 e. The first-order chi connectivity index (χ1) is 14.6. The lowest BCUT2D eigenvalue weighted by atomic mass is 10.1. The Hall–Kier alpha value is -3.13. The zero-order valence-electron chi connectivity index (χ0n) is 17.4. The fourth-order valence-corrected chi connectivity index (χ4v) is 3.85. The van der Waals surface area contributed by atoms with Gasteiger partial charge in [-0.1, -0.05) is 18.2 Å². The van der Waals surface area contributed by atoms with Gasteiger partial charge in [0.2, 0.25) is 11.8 Å². The van der Waals surface area contributed by atoms with Gasteiger partial charge in [-0.3, -0.25) is 14.5 Å². The molecule has 0 radical (unpaired) electrons. The average Bonchev–Trinajstić information content (AvgIpc) is 3.32. The van der Waals surface area contributed by atoms with E-state index in [0.717, 1.165) is 28.6 Å². The van der Waals surface area contributed by atoms with Gasteiger partial charge in [0.15, 0.2) is 0 Å². The van der Waals surface area contributed by atoms with E-state index in [1.54, 1.807) is 0 Å². The second-order valence-electron chi connectivity index (χ2n) is 7.41. The predicted molar refractivity (Wildman–Crippen MR) is 115 cm³/mol. The molecule has 0 saturated heterocycles. The summed E-state index contributed by atoms with van der Waals surface area (Å²) in [7, 11) is 2.01. The summed E-state index contributed by atoms with van der Waals surface area (Å²) in [4.78, 5) is 26.5. The van der Waals surface area contributed by atoms with Crippen molar-refractivity contribution in [2.24, 2.45) is 7.05 Å². The van der Waals surface area contributed by atoms with Gasteiger partial charge in [-0.25, -0.2) is 4.68 Å². The van der Waals surface area contributed by atoms with Crippen LogP contribution in [-0.2, 0) is 27.9 Å². The molecule has 1 aliphatic heterocycles. The zero-order valence-corrected chi connectivity index (χ0v) is 17.4. The Morgan fingerprint density at radius 3 is 2.97 bits per heavy atom. The molecule has 0 fully saturated rings. The summed E-state index contributed by atoms with van der Waals surface area (Å²) in [6.45, 7) is 4.26. The number of carbonyl (C=O) groups is 2. The van der Waals surface area contributed by atoms with Crippen LogP contribution in [0.1, 0.15) is 19.8 Å². The normalized spacial score (nSPS) is 13.7. The minimum absolute atomic E-state index is 0.00581. The number of aryl methyl sites for hydroxylation is 2. The number of benzene rings is 1. The Morgan fingerprint density at radius 2 is 2.13 bits per heavy atom. The first kappa shape index (κ1) is 20.2. The highest BCUT2D eigenvalue weighted by molar-refractivity contribution is 6.00. The number of rotatable bonds is 8. The van der Waals surface area contributed by atoms with E-state index in [9.17, 15) is 9.59 Å². The summed E-state index contributed by atoms with van der Waals surface area (Å²) < 4.78 is 9.17. The Morgan fingerprint density at radius 1 is 1.30 bits per heavy atom. The summed E-state index contributed by atoms with van der Waals surface area (Å²) >= 11 is 0. The largest absolute Gasteiger partial charge is 0.382 e. The molecule has 158 valence electrons. The third kappa shape index (κ3) is 3.95. The molecular formula is C22H27N5O3. The van der Waals surface area contributed by atoms with Gasteiger partial charge in [-0.15, -0.1) is 0 Å². The molecule has 8 nitrogen and oxygen atoms in total. The average molecular weight is 409 g/mol. The lowest BCUT2D eigenvalue weighted by Gasteiger charge is -2.26. The fraction of sp³-hybridized carbons (Fsp3) is 0.409. The Bertz CT molecular complexity index is 1070. The maximum absolute atomic E-state index is 12.6. The molecule has 1 N–H and O–H groups in total.